The van der Waals surface area contributed by atoms with Crippen LogP contribution in [0.1, 0.15) is 56.3 Å². The summed E-state index contributed by atoms with van der Waals surface area (Å²) in [6.45, 7) is 5.09. The van der Waals surface area contributed by atoms with Crippen molar-refractivity contribution in [2.75, 3.05) is 0 Å². The second-order valence-corrected chi connectivity index (χ2v) is 6.25. The Morgan fingerprint density at radius 3 is 2.31 bits per heavy atom. The van der Waals surface area contributed by atoms with E-state index in [0.717, 1.165) is 11.3 Å². The number of ketones is 1. The quantitative estimate of drug-likeness (QED) is 0.690. The molecule has 0 bridgehead atoms. The number of rotatable bonds is 5. The van der Waals surface area contributed by atoms with E-state index in [2.05, 4.69) is 15.3 Å². The Bertz CT molecular complexity index is 891. The van der Waals surface area contributed by atoms with Gasteiger partial charge in [0.05, 0.1) is 11.7 Å². The second-order valence-electron chi connectivity index (χ2n) is 6.25. The Morgan fingerprint density at radius 1 is 1.04 bits per heavy atom. The summed E-state index contributed by atoms with van der Waals surface area (Å²) < 4.78 is 0. The molecule has 3 aromatic rings. The van der Waals surface area contributed by atoms with E-state index in [1.807, 2.05) is 48.5 Å². The molecule has 0 aliphatic heterocycles. The van der Waals surface area contributed by atoms with Crippen LogP contribution >= 0.6 is 0 Å². The molecule has 0 radical (unpaired) electrons. The van der Waals surface area contributed by atoms with E-state index in [1.165, 1.54) is 6.92 Å². The van der Waals surface area contributed by atoms with Gasteiger partial charge in [0.15, 0.2) is 5.78 Å². The van der Waals surface area contributed by atoms with E-state index in [-0.39, 0.29) is 17.7 Å². The fraction of sp³-hybridized carbons (Fsp3) is 0.190. The fourth-order valence-electron chi connectivity index (χ4n) is 3.23. The molecule has 5 nitrogen and oxygen atoms in total. The standard InChI is InChI=1S/C21H21N3O2/c1-13-18(15(3)25)14(2)23-19(13)21(26)24-20(16-9-5-4-6-10-16)17-11-7-8-12-22-17/h4-12,20,23H,1-3H3,(H,24,26)/t20-/m1/s1. The summed E-state index contributed by atoms with van der Waals surface area (Å²) in [5, 5.41) is 3.04. The molecule has 3 rings (SSSR count). The van der Waals surface area contributed by atoms with E-state index < -0.39 is 0 Å². The van der Waals surface area contributed by atoms with Gasteiger partial charge in [-0.2, -0.15) is 0 Å². The number of carbonyl (C=O) groups is 2. The van der Waals surface area contributed by atoms with Crippen molar-refractivity contribution in [3.8, 4) is 0 Å². The summed E-state index contributed by atoms with van der Waals surface area (Å²) in [7, 11) is 0. The topological polar surface area (TPSA) is 74.8 Å². The van der Waals surface area contributed by atoms with Gasteiger partial charge in [0.1, 0.15) is 5.69 Å². The molecule has 26 heavy (non-hydrogen) atoms. The van der Waals surface area contributed by atoms with Crippen LogP contribution in [0.25, 0.3) is 0 Å². The van der Waals surface area contributed by atoms with Gasteiger partial charge >= 0.3 is 0 Å². The van der Waals surface area contributed by atoms with Gasteiger partial charge in [-0.15, -0.1) is 0 Å². The summed E-state index contributed by atoms with van der Waals surface area (Å²) in [4.78, 5) is 32.2. The highest BCUT2D eigenvalue weighted by atomic mass is 16.2. The molecule has 0 aliphatic carbocycles. The highest BCUT2D eigenvalue weighted by Gasteiger charge is 2.23. The van der Waals surface area contributed by atoms with E-state index in [0.29, 0.717) is 22.5 Å². The van der Waals surface area contributed by atoms with Crippen LogP contribution in [0.5, 0.6) is 0 Å². The Morgan fingerprint density at radius 2 is 1.73 bits per heavy atom. The molecule has 0 unspecified atom stereocenters. The van der Waals surface area contributed by atoms with Gasteiger partial charge < -0.3 is 10.3 Å². The van der Waals surface area contributed by atoms with Gasteiger partial charge in [-0.25, -0.2) is 0 Å². The lowest BCUT2D eigenvalue weighted by atomic mass is 10.0. The molecule has 0 aliphatic rings. The molecule has 2 aromatic heterocycles. The molecule has 1 amide bonds. The number of aromatic nitrogens is 2. The first kappa shape index (κ1) is 17.6. The van der Waals surface area contributed by atoms with Crippen LogP contribution in [0.15, 0.2) is 54.7 Å². The lowest BCUT2D eigenvalue weighted by Crippen LogP contribution is -2.30. The van der Waals surface area contributed by atoms with Crippen LogP contribution in [-0.2, 0) is 0 Å². The van der Waals surface area contributed by atoms with Crippen molar-refractivity contribution in [1.82, 2.24) is 15.3 Å². The summed E-state index contributed by atoms with van der Waals surface area (Å²) in [5.41, 5.74) is 4.04. The molecule has 0 saturated carbocycles. The molecule has 0 spiro atoms. The van der Waals surface area contributed by atoms with Crippen molar-refractivity contribution in [3.05, 3.63) is 88.5 Å². The monoisotopic (exact) mass is 347 g/mol. The van der Waals surface area contributed by atoms with E-state index in [1.54, 1.807) is 20.0 Å². The van der Waals surface area contributed by atoms with Crippen LogP contribution in [0.3, 0.4) is 0 Å². The third-order valence-corrected chi connectivity index (χ3v) is 4.41. The SMILES string of the molecule is CC(=O)c1c(C)[nH]c(C(=O)N[C@H](c2ccccc2)c2ccccn2)c1C. The number of hydrogen-bond donors (Lipinski definition) is 2. The molecular formula is C21H21N3O2. The molecule has 132 valence electrons. The largest absolute Gasteiger partial charge is 0.354 e. The second kappa shape index (κ2) is 7.35. The predicted molar refractivity (Wildman–Crippen MR) is 100 cm³/mol. The Balaban J connectivity index is 1.97. The number of nitrogens with one attached hydrogen (secondary N) is 2. The molecular weight excluding hydrogens is 326 g/mol. The average molecular weight is 347 g/mol. The number of carbonyl (C=O) groups excluding carboxylic acids is 2. The van der Waals surface area contributed by atoms with Crippen LogP contribution < -0.4 is 5.32 Å². The average Bonchev–Trinajstić information content (AvgIpc) is 2.95. The number of H-pyrrole nitrogens is 1. The number of aromatic amines is 1. The predicted octanol–water partition coefficient (Wildman–Crippen LogP) is 3.75. The van der Waals surface area contributed by atoms with Crippen LogP contribution in [0.2, 0.25) is 0 Å². The first-order chi connectivity index (χ1) is 12.5. The van der Waals surface area contributed by atoms with Gasteiger partial charge in [0.2, 0.25) is 0 Å². The minimum absolute atomic E-state index is 0.0559. The normalized spacial score (nSPS) is 11.8. The summed E-state index contributed by atoms with van der Waals surface area (Å²) in [6, 6.07) is 14.9. The minimum atomic E-state index is -0.381. The number of benzene rings is 1. The van der Waals surface area contributed by atoms with Crippen molar-refractivity contribution in [1.29, 1.82) is 0 Å². The van der Waals surface area contributed by atoms with Gasteiger partial charge in [-0.1, -0.05) is 36.4 Å². The molecule has 1 aromatic carbocycles. The highest BCUT2D eigenvalue weighted by Crippen LogP contribution is 2.23. The van der Waals surface area contributed by atoms with Gasteiger partial charge in [-0.3, -0.25) is 14.6 Å². The number of amides is 1. The van der Waals surface area contributed by atoms with Gasteiger partial charge in [0.25, 0.3) is 5.91 Å². The first-order valence-corrected chi connectivity index (χ1v) is 8.46. The Kier molecular flexibility index (Phi) is 4.98. The summed E-state index contributed by atoms with van der Waals surface area (Å²) >= 11 is 0. The summed E-state index contributed by atoms with van der Waals surface area (Å²) in [5.74, 6) is -0.322. The number of aryl methyl sites for hydroxylation is 1. The number of nitrogens with zero attached hydrogens (tertiary/aromatic N) is 1. The zero-order valence-corrected chi connectivity index (χ0v) is 15.0. The number of hydrogen-bond acceptors (Lipinski definition) is 3. The number of Topliss-reactive ketones (excluding diaryl/α,β-unsaturated/α-hetero) is 1. The molecule has 2 heterocycles. The smallest absolute Gasteiger partial charge is 0.268 e. The van der Waals surface area contributed by atoms with E-state index in [4.69, 9.17) is 0 Å². The van der Waals surface area contributed by atoms with E-state index in [9.17, 15) is 9.59 Å². The minimum Gasteiger partial charge on any atom is -0.354 e. The maximum atomic E-state index is 12.9. The van der Waals surface area contributed by atoms with Gasteiger partial charge in [-0.05, 0) is 44.0 Å². The van der Waals surface area contributed by atoms with Crippen molar-refractivity contribution >= 4 is 11.7 Å². The van der Waals surface area contributed by atoms with Crippen molar-refractivity contribution in [2.45, 2.75) is 26.8 Å². The summed E-state index contributed by atoms with van der Waals surface area (Å²) in [6.07, 6.45) is 1.70. The lowest BCUT2D eigenvalue weighted by molar-refractivity contribution is 0.0937. The van der Waals surface area contributed by atoms with Crippen LogP contribution in [0, 0.1) is 13.8 Å². The van der Waals surface area contributed by atoms with Crippen LogP contribution in [-0.4, -0.2) is 21.7 Å². The van der Waals surface area contributed by atoms with Crippen molar-refractivity contribution < 1.29 is 9.59 Å². The Hall–Kier alpha value is -3.21. The first-order valence-electron chi connectivity index (χ1n) is 8.46. The zero-order valence-electron chi connectivity index (χ0n) is 15.0. The molecule has 0 fully saturated rings. The van der Waals surface area contributed by atoms with Crippen LogP contribution in [0.4, 0.5) is 0 Å². The fourth-order valence-corrected chi connectivity index (χ4v) is 3.23. The maximum Gasteiger partial charge on any atom is 0.268 e. The van der Waals surface area contributed by atoms with Crippen molar-refractivity contribution in [2.24, 2.45) is 0 Å². The molecule has 5 heteroatoms. The zero-order chi connectivity index (χ0) is 18.7. The lowest BCUT2D eigenvalue weighted by Gasteiger charge is -2.19. The molecule has 2 N–H and O–H groups in total. The molecule has 0 saturated heterocycles. The number of pyridine rings is 1. The highest BCUT2D eigenvalue weighted by molar-refractivity contribution is 6.02. The molecule has 1 atom stereocenters. The maximum absolute atomic E-state index is 12.9. The van der Waals surface area contributed by atoms with Gasteiger partial charge in [0, 0.05) is 17.5 Å². The third-order valence-electron chi connectivity index (χ3n) is 4.41. The third kappa shape index (κ3) is 3.42. The van der Waals surface area contributed by atoms with E-state index >= 15 is 0 Å². The van der Waals surface area contributed by atoms with Crippen molar-refractivity contribution in [3.63, 3.8) is 0 Å². The Labute approximate surface area is 152 Å².